The molecule has 3 nitrogen and oxygen atoms in total. The molecule has 0 atom stereocenters. The summed E-state index contributed by atoms with van der Waals surface area (Å²) in [7, 11) is 0. The van der Waals surface area contributed by atoms with Crippen molar-refractivity contribution in [1.82, 2.24) is 0 Å². The van der Waals surface area contributed by atoms with Gasteiger partial charge in [0.15, 0.2) is 6.29 Å². The van der Waals surface area contributed by atoms with Gasteiger partial charge in [0, 0.05) is 24.8 Å². The summed E-state index contributed by atoms with van der Waals surface area (Å²) < 4.78 is 0. The fraction of sp³-hybridized carbons (Fsp3) is 0.774. The summed E-state index contributed by atoms with van der Waals surface area (Å²) in [5.41, 5.74) is 1.43. The summed E-state index contributed by atoms with van der Waals surface area (Å²) in [6.07, 6.45) is 27.7. The van der Waals surface area contributed by atoms with Crippen LogP contribution in [0.1, 0.15) is 153 Å². The molecule has 0 heterocycles. The third-order valence-corrected chi connectivity index (χ3v) is 7.07. The predicted octanol–water partition coefficient (Wildman–Crippen LogP) is 9.85. The Morgan fingerprint density at radius 2 is 1.00 bits per heavy atom. The molecule has 0 amide bonds. The fourth-order valence-corrected chi connectivity index (χ4v) is 4.78. The second kappa shape index (κ2) is 22.0. The molecule has 0 aliphatic carbocycles. The van der Waals surface area contributed by atoms with Gasteiger partial charge in [0.05, 0.1) is 5.56 Å². The molecule has 0 radical (unpaired) electrons. The number of aromatic hydroxyl groups is 1. The molecule has 0 bridgehead atoms. The third kappa shape index (κ3) is 15.4. The van der Waals surface area contributed by atoms with Crippen LogP contribution in [0, 0.1) is 0 Å². The Kier molecular flexibility index (Phi) is 19.7. The predicted molar refractivity (Wildman–Crippen MR) is 149 cm³/mol. The second-order valence-electron chi connectivity index (χ2n) is 10.2. The number of rotatable bonds is 24. The van der Waals surface area contributed by atoms with Crippen molar-refractivity contribution in [3.8, 4) is 5.75 Å². The SMILES string of the molecule is CCCCCCCCCCCCN(CCCCCCCCCCCC)c1ccc(C=O)c(O)c1. The van der Waals surface area contributed by atoms with Crippen molar-refractivity contribution in [2.75, 3.05) is 18.0 Å². The molecule has 0 saturated heterocycles. The summed E-state index contributed by atoms with van der Waals surface area (Å²) in [6, 6.07) is 5.52. The van der Waals surface area contributed by atoms with Crippen LogP contribution in [0.2, 0.25) is 0 Å². The molecule has 0 aliphatic rings. The van der Waals surface area contributed by atoms with Crippen molar-refractivity contribution in [2.24, 2.45) is 0 Å². The van der Waals surface area contributed by atoms with Crippen molar-refractivity contribution in [1.29, 1.82) is 0 Å². The van der Waals surface area contributed by atoms with Crippen molar-refractivity contribution < 1.29 is 9.90 Å². The van der Waals surface area contributed by atoms with Crippen molar-refractivity contribution >= 4 is 12.0 Å². The molecule has 196 valence electrons. The monoisotopic (exact) mass is 473 g/mol. The smallest absolute Gasteiger partial charge is 0.153 e. The van der Waals surface area contributed by atoms with Crippen LogP contribution >= 0.6 is 0 Å². The number of anilines is 1. The van der Waals surface area contributed by atoms with Crippen LogP contribution in [0.3, 0.4) is 0 Å². The highest BCUT2D eigenvalue weighted by molar-refractivity contribution is 5.80. The van der Waals surface area contributed by atoms with Crippen LogP contribution in [0.25, 0.3) is 0 Å². The lowest BCUT2D eigenvalue weighted by Gasteiger charge is -2.25. The maximum Gasteiger partial charge on any atom is 0.153 e. The molecule has 0 unspecified atom stereocenters. The van der Waals surface area contributed by atoms with Crippen LogP contribution < -0.4 is 4.90 Å². The van der Waals surface area contributed by atoms with E-state index in [0.29, 0.717) is 5.56 Å². The van der Waals surface area contributed by atoms with Crippen molar-refractivity contribution in [3.63, 3.8) is 0 Å². The van der Waals surface area contributed by atoms with E-state index in [-0.39, 0.29) is 5.75 Å². The van der Waals surface area contributed by atoms with E-state index in [0.717, 1.165) is 25.1 Å². The number of hydrogen-bond donors (Lipinski definition) is 1. The number of benzene rings is 1. The van der Waals surface area contributed by atoms with E-state index in [1.807, 2.05) is 6.07 Å². The molecule has 0 fully saturated rings. The summed E-state index contributed by atoms with van der Waals surface area (Å²) in [6.45, 7) is 6.62. The van der Waals surface area contributed by atoms with Gasteiger partial charge in [-0.25, -0.2) is 0 Å². The van der Waals surface area contributed by atoms with Crippen molar-refractivity contribution in [2.45, 2.75) is 142 Å². The highest BCUT2D eigenvalue weighted by Gasteiger charge is 2.09. The molecule has 0 aromatic heterocycles. The van der Waals surface area contributed by atoms with Crippen LogP contribution in [0.4, 0.5) is 5.69 Å². The topological polar surface area (TPSA) is 40.5 Å². The van der Waals surface area contributed by atoms with Gasteiger partial charge in [-0.1, -0.05) is 129 Å². The molecule has 1 aromatic carbocycles. The highest BCUT2D eigenvalue weighted by Crippen LogP contribution is 2.25. The van der Waals surface area contributed by atoms with Gasteiger partial charge in [0.25, 0.3) is 0 Å². The minimum absolute atomic E-state index is 0.101. The summed E-state index contributed by atoms with van der Waals surface area (Å²) in [5, 5.41) is 10.2. The Bertz CT molecular complexity index is 577. The van der Waals surface area contributed by atoms with E-state index in [2.05, 4.69) is 18.7 Å². The Labute approximate surface area is 211 Å². The molecule has 0 spiro atoms. The number of carbonyl (C=O) groups is 1. The van der Waals surface area contributed by atoms with Crippen LogP contribution in [-0.4, -0.2) is 24.5 Å². The first kappa shape index (κ1) is 30.5. The van der Waals surface area contributed by atoms with Crippen LogP contribution in [0.15, 0.2) is 18.2 Å². The van der Waals surface area contributed by atoms with Gasteiger partial charge in [-0.05, 0) is 25.0 Å². The molecule has 1 rings (SSSR count). The van der Waals surface area contributed by atoms with E-state index >= 15 is 0 Å². The van der Waals surface area contributed by atoms with Gasteiger partial charge in [0.1, 0.15) is 5.75 Å². The number of phenols is 1. The Balaban J connectivity index is 2.30. The molecular formula is C31H55NO2. The number of carbonyl (C=O) groups excluding carboxylic acids is 1. The molecular weight excluding hydrogens is 418 g/mol. The zero-order chi connectivity index (χ0) is 24.7. The lowest BCUT2D eigenvalue weighted by atomic mass is 10.1. The molecule has 1 N–H and O–H groups in total. The summed E-state index contributed by atoms with van der Waals surface area (Å²) >= 11 is 0. The molecule has 34 heavy (non-hydrogen) atoms. The van der Waals surface area contributed by atoms with E-state index in [4.69, 9.17) is 0 Å². The maximum atomic E-state index is 11.1. The minimum atomic E-state index is 0.101. The van der Waals surface area contributed by atoms with E-state index in [1.165, 1.54) is 128 Å². The normalized spacial score (nSPS) is 11.1. The fourth-order valence-electron chi connectivity index (χ4n) is 4.78. The highest BCUT2D eigenvalue weighted by atomic mass is 16.3. The average Bonchev–Trinajstić information content (AvgIpc) is 2.85. The first-order valence-electron chi connectivity index (χ1n) is 14.8. The van der Waals surface area contributed by atoms with E-state index in [9.17, 15) is 9.90 Å². The Morgan fingerprint density at radius 3 is 1.35 bits per heavy atom. The first-order valence-corrected chi connectivity index (χ1v) is 14.8. The number of phenolic OH excluding ortho intramolecular Hbond substituents is 1. The molecule has 0 saturated carbocycles. The average molecular weight is 474 g/mol. The van der Waals surface area contributed by atoms with Crippen LogP contribution in [-0.2, 0) is 0 Å². The summed E-state index contributed by atoms with van der Waals surface area (Å²) in [5.74, 6) is 0.101. The van der Waals surface area contributed by atoms with Gasteiger partial charge >= 0.3 is 0 Å². The van der Waals surface area contributed by atoms with Gasteiger partial charge in [0.2, 0.25) is 0 Å². The Morgan fingerprint density at radius 1 is 0.618 bits per heavy atom. The number of unbranched alkanes of at least 4 members (excludes halogenated alkanes) is 18. The van der Waals surface area contributed by atoms with Crippen LogP contribution in [0.5, 0.6) is 5.75 Å². The second-order valence-corrected chi connectivity index (χ2v) is 10.2. The van der Waals surface area contributed by atoms with E-state index in [1.54, 1.807) is 12.1 Å². The molecule has 1 aromatic rings. The number of hydrogen-bond acceptors (Lipinski definition) is 3. The zero-order valence-electron chi connectivity index (χ0n) is 22.7. The molecule has 3 heteroatoms. The largest absolute Gasteiger partial charge is 0.507 e. The summed E-state index contributed by atoms with van der Waals surface area (Å²) in [4.78, 5) is 13.5. The van der Waals surface area contributed by atoms with E-state index < -0.39 is 0 Å². The van der Waals surface area contributed by atoms with Crippen molar-refractivity contribution in [3.05, 3.63) is 23.8 Å². The number of aldehydes is 1. The Hall–Kier alpha value is -1.51. The number of nitrogens with zero attached hydrogens (tertiary/aromatic N) is 1. The lowest BCUT2D eigenvalue weighted by Crippen LogP contribution is -2.25. The first-order chi connectivity index (χ1) is 16.7. The third-order valence-electron chi connectivity index (χ3n) is 7.07. The van der Waals surface area contributed by atoms with Gasteiger partial charge in [-0.15, -0.1) is 0 Å². The lowest BCUT2D eigenvalue weighted by molar-refractivity contribution is 0.112. The quantitative estimate of drug-likeness (QED) is 0.120. The minimum Gasteiger partial charge on any atom is -0.507 e. The maximum absolute atomic E-state index is 11.1. The van der Waals surface area contributed by atoms with Gasteiger partial charge in [-0.3, -0.25) is 4.79 Å². The van der Waals surface area contributed by atoms with Gasteiger partial charge in [-0.2, -0.15) is 0 Å². The van der Waals surface area contributed by atoms with Gasteiger partial charge < -0.3 is 10.0 Å². The molecule has 0 aliphatic heterocycles. The zero-order valence-corrected chi connectivity index (χ0v) is 22.7. The standard InChI is InChI=1S/C31H55NO2/c1-3-5-7-9-11-13-15-17-19-21-25-32(30-24-23-29(28-33)31(34)27-30)26-22-20-18-16-14-12-10-8-6-4-2/h23-24,27-28,34H,3-22,25-26H2,1-2H3.